The molecule has 0 spiro atoms. The molecule has 2 fully saturated rings. The number of nitrogens with zero attached hydrogens (tertiary/aromatic N) is 1. The van der Waals surface area contributed by atoms with Gasteiger partial charge < -0.3 is 5.32 Å². The molecule has 0 unspecified atom stereocenters. The number of amides is 1. The van der Waals surface area contributed by atoms with Crippen molar-refractivity contribution in [2.24, 2.45) is 5.92 Å². The highest BCUT2D eigenvalue weighted by Gasteiger charge is 2.33. The molecule has 0 saturated heterocycles. The zero-order valence-corrected chi connectivity index (χ0v) is 18.0. The first-order valence-electron chi connectivity index (χ1n) is 10.1. The molecule has 9 heteroatoms. The van der Waals surface area contributed by atoms with Gasteiger partial charge in [0.2, 0.25) is 5.91 Å². The number of anilines is 1. The van der Waals surface area contributed by atoms with E-state index in [1.807, 2.05) is 0 Å². The normalized spacial score (nSPS) is 20.7. The van der Waals surface area contributed by atoms with Crippen molar-refractivity contribution >= 4 is 38.0 Å². The Morgan fingerprint density at radius 2 is 1.97 bits per heavy atom. The van der Waals surface area contributed by atoms with E-state index in [9.17, 15) is 22.4 Å². The Balaban J connectivity index is 1.56. The molecule has 1 N–H and O–H groups in total. The summed E-state index contributed by atoms with van der Waals surface area (Å²) in [6.07, 6.45) is 5.54. The summed E-state index contributed by atoms with van der Waals surface area (Å²) in [5.41, 5.74) is 0.677. The molecule has 2 aliphatic rings. The Morgan fingerprint density at radius 1 is 1.23 bits per heavy atom. The van der Waals surface area contributed by atoms with Crippen LogP contribution in [0.4, 0.5) is 9.52 Å². The third kappa shape index (κ3) is 4.46. The minimum Gasteiger partial charge on any atom is -0.301 e. The first-order valence-corrected chi connectivity index (χ1v) is 12.5. The molecule has 1 heterocycles. The summed E-state index contributed by atoms with van der Waals surface area (Å²) in [6, 6.07) is 6.47. The number of halogens is 1. The molecule has 4 rings (SSSR count). The molecule has 0 bridgehead atoms. The van der Waals surface area contributed by atoms with Gasteiger partial charge in [0.15, 0.2) is 20.1 Å². The molecular weight excluding hydrogens is 427 g/mol. The number of hydrogen-bond acceptors (Lipinski definition) is 6. The molecule has 0 radical (unpaired) electrons. The number of benzene rings is 1. The molecular formula is C21H23FN2O4S2. The number of Topliss-reactive ketones (excluding diaryl/α,β-unsaturated/α-hetero) is 1. The van der Waals surface area contributed by atoms with Gasteiger partial charge in [-0.15, -0.1) is 0 Å². The lowest BCUT2D eigenvalue weighted by atomic mass is 9.87. The number of carbonyl (C=O) groups excluding carboxylic acids is 2. The summed E-state index contributed by atoms with van der Waals surface area (Å²) in [6.45, 7) is 0. The van der Waals surface area contributed by atoms with Crippen LogP contribution in [0.1, 0.15) is 56.4 Å². The van der Waals surface area contributed by atoms with Crippen molar-refractivity contribution in [2.75, 3.05) is 5.32 Å². The molecule has 1 amide bonds. The molecule has 2 aliphatic carbocycles. The van der Waals surface area contributed by atoms with Crippen LogP contribution in [0.5, 0.6) is 0 Å². The van der Waals surface area contributed by atoms with E-state index < -0.39 is 20.9 Å². The monoisotopic (exact) mass is 450 g/mol. The molecule has 160 valence electrons. The van der Waals surface area contributed by atoms with Gasteiger partial charge in [0.05, 0.1) is 22.3 Å². The second-order valence-electron chi connectivity index (χ2n) is 8.06. The fraction of sp³-hybridized carbons (Fsp3) is 0.476. The number of aromatic nitrogens is 1. The van der Waals surface area contributed by atoms with Gasteiger partial charge in [-0.05, 0) is 49.3 Å². The van der Waals surface area contributed by atoms with E-state index in [0.29, 0.717) is 37.7 Å². The van der Waals surface area contributed by atoms with Crippen molar-refractivity contribution in [3.8, 4) is 0 Å². The standard InChI is InChI=1S/C21H23FN2O4S2/c22-19-12-23-21(29-19)24-20(26)18(11-13-4-7-15(25)10-13)14-5-8-17(9-6-14)30(27,28)16-2-1-3-16/h5-6,8-9,12-13,16,18H,1-4,7,10-11H2,(H,23,24,26)/t13-,18+/m0/s1. The van der Waals surface area contributed by atoms with Crippen molar-refractivity contribution in [3.05, 3.63) is 41.2 Å². The molecule has 1 aromatic heterocycles. The number of hydrogen-bond donors (Lipinski definition) is 1. The van der Waals surface area contributed by atoms with Crippen molar-refractivity contribution in [3.63, 3.8) is 0 Å². The average Bonchev–Trinajstić information content (AvgIpc) is 3.25. The predicted molar refractivity (Wildman–Crippen MR) is 112 cm³/mol. The molecule has 2 aromatic rings. The van der Waals surface area contributed by atoms with E-state index in [2.05, 4.69) is 10.3 Å². The van der Waals surface area contributed by atoms with Crippen LogP contribution in [0.25, 0.3) is 0 Å². The lowest BCUT2D eigenvalue weighted by Crippen LogP contribution is -2.28. The van der Waals surface area contributed by atoms with E-state index in [0.717, 1.165) is 30.4 Å². The SMILES string of the molecule is O=C1CC[C@H](C[C@@H](C(=O)Nc2ncc(F)s2)c2ccc(S(=O)(=O)C3CCC3)cc2)C1. The van der Waals surface area contributed by atoms with Crippen LogP contribution in [0.2, 0.25) is 0 Å². The third-order valence-electron chi connectivity index (χ3n) is 6.04. The predicted octanol–water partition coefficient (Wildman–Crippen LogP) is 4.09. The largest absolute Gasteiger partial charge is 0.301 e. The third-order valence-corrected chi connectivity index (χ3v) is 9.02. The second-order valence-corrected chi connectivity index (χ2v) is 11.3. The number of carbonyl (C=O) groups is 2. The molecule has 1 aromatic carbocycles. The highest BCUT2D eigenvalue weighted by molar-refractivity contribution is 7.92. The van der Waals surface area contributed by atoms with Gasteiger partial charge in [0.1, 0.15) is 5.78 Å². The summed E-state index contributed by atoms with van der Waals surface area (Å²) < 4.78 is 38.5. The average molecular weight is 451 g/mol. The topological polar surface area (TPSA) is 93.2 Å². The molecule has 6 nitrogen and oxygen atoms in total. The second kappa shape index (κ2) is 8.55. The minimum atomic E-state index is -3.34. The lowest BCUT2D eigenvalue weighted by molar-refractivity contribution is -0.119. The van der Waals surface area contributed by atoms with E-state index in [1.54, 1.807) is 24.3 Å². The van der Waals surface area contributed by atoms with Gasteiger partial charge in [-0.1, -0.05) is 29.9 Å². The fourth-order valence-corrected chi connectivity index (χ4v) is 6.49. The van der Waals surface area contributed by atoms with Crippen LogP contribution in [0.15, 0.2) is 35.4 Å². The summed E-state index contributed by atoms with van der Waals surface area (Å²) in [4.78, 5) is 28.7. The Hall–Kier alpha value is -2.13. The lowest BCUT2D eigenvalue weighted by Gasteiger charge is -2.25. The van der Waals surface area contributed by atoms with Crippen LogP contribution in [0.3, 0.4) is 0 Å². The number of ketones is 1. The first-order chi connectivity index (χ1) is 14.3. The number of nitrogens with one attached hydrogen (secondary N) is 1. The van der Waals surface area contributed by atoms with Crippen molar-refractivity contribution in [2.45, 2.75) is 61.0 Å². The van der Waals surface area contributed by atoms with Gasteiger partial charge in [-0.25, -0.2) is 13.4 Å². The Labute approximate surface area is 178 Å². The van der Waals surface area contributed by atoms with E-state index >= 15 is 0 Å². The van der Waals surface area contributed by atoms with Crippen molar-refractivity contribution in [1.29, 1.82) is 0 Å². The zero-order valence-electron chi connectivity index (χ0n) is 16.3. The highest BCUT2D eigenvalue weighted by Crippen LogP contribution is 2.35. The van der Waals surface area contributed by atoms with Crippen LogP contribution in [-0.4, -0.2) is 30.3 Å². The van der Waals surface area contributed by atoms with Crippen molar-refractivity contribution in [1.82, 2.24) is 4.98 Å². The number of rotatable bonds is 7. The Morgan fingerprint density at radius 3 is 2.50 bits per heavy atom. The Kier molecular flexibility index (Phi) is 6.02. The molecule has 30 heavy (non-hydrogen) atoms. The quantitative estimate of drug-likeness (QED) is 0.686. The van der Waals surface area contributed by atoms with Crippen molar-refractivity contribution < 1.29 is 22.4 Å². The van der Waals surface area contributed by atoms with Gasteiger partial charge in [0, 0.05) is 12.8 Å². The Bertz CT molecular complexity index is 1050. The fourth-order valence-electron chi connectivity index (χ4n) is 4.09. The molecule has 0 aliphatic heterocycles. The van der Waals surface area contributed by atoms with Crippen LogP contribution >= 0.6 is 11.3 Å². The molecule has 2 saturated carbocycles. The van der Waals surface area contributed by atoms with Crippen LogP contribution < -0.4 is 5.32 Å². The van der Waals surface area contributed by atoms with E-state index in [-0.39, 0.29) is 32.9 Å². The van der Waals surface area contributed by atoms with Crippen LogP contribution in [0, 0.1) is 11.0 Å². The van der Waals surface area contributed by atoms with Gasteiger partial charge >= 0.3 is 0 Å². The summed E-state index contributed by atoms with van der Waals surface area (Å²) >= 11 is 0.747. The van der Waals surface area contributed by atoms with Crippen LogP contribution in [-0.2, 0) is 19.4 Å². The first kappa shape index (κ1) is 21.1. The van der Waals surface area contributed by atoms with Gasteiger partial charge in [-0.2, -0.15) is 4.39 Å². The maximum atomic E-state index is 13.2. The summed E-state index contributed by atoms with van der Waals surface area (Å²) in [7, 11) is -3.34. The van der Waals surface area contributed by atoms with E-state index in [1.165, 1.54) is 0 Å². The van der Waals surface area contributed by atoms with Gasteiger partial charge in [0.25, 0.3) is 0 Å². The smallest absolute Gasteiger partial charge is 0.233 e. The highest BCUT2D eigenvalue weighted by atomic mass is 32.2. The summed E-state index contributed by atoms with van der Waals surface area (Å²) in [5, 5.41) is 2.02. The zero-order chi connectivity index (χ0) is 21.3. The maximum Gasteiger partial charge on any atom is 0.233 e. The number of sulfone groups is 1. The van der Waals surface area contributed by atoms with Gasteiger partial charge in [-0.3, -0.25) is 9.59 Å². The molecule has 2 atom stereocenters. The number of thiazole rings is 1. The summed E-state index contributed by atoms with van der Waals surface area (Å²) in [5.74, 6) is -0.616. The maximum absolute atomic E-state index is 13.2. The van der Waals surface area contributed by atoms with E-state index in [4.69, 9.17) is 0 Å². The minimum absolute atomic E-state index is 0.0969.